The molecule has 0 fully saturated rings. The van der Waals surface area contributed by atoms with Gasteiger partial charge in [0.2, 0.25) is 0 Å². The Labute approximate surface area is 89.7 Å². The molecule has 0 spiro atoms. The lowest BCUT2D eigenvalue weighted by Gasteiger charge is -1.99. The molecule has 6 heteroatoms. The van der Waals surface area contributed by atoms with Gasteiger partial charge >= 0.3 is 0 Å². The summed E-state index contributed by atoms with van der Waals surface area (Å²) in [5.74, 6) is 0.266. The third-order valence-corrected chi connectivity index (χ3v) is 2.11. The fourth-order valence-electron chi connectivity index (χ4n) is 0.933. The fraction of sp³-hybridized carbons (Fsp3) is 0.429. The quantitative estimate of drug-likeness (QED) is 0.286. The lowest BCUT2D eigenvalue weighted by atomic mass is 10.3. The molecular weight excluding hydrogens is 283 g/mol. The van der Waals surface area contributed by atoms with E-state index in [0.29, 0.717) is 6.42 Å². The van der Waals surface area contributed by atoms with Crippen molar-refractivity contribution in [3.63, 3.8) is 0 Å². The third-order valence-electron chi connectivity index (χ3n) is 1.55. The highest BCUT2D eigenvalue weighted by atomic mass is 127. The largest absolute Gasteiger partial charge is 0.409 e. The van der Waals surface area contributed by atoms with Crippen LogP contribution in [0.3, 0.4) is 0 Å². The number of nitrogens with zero attached hydrogens (tertiary/aromatic N) is 3. The first-order valence-electron chi connectivity index (χ1n) is 3.86. The second-order valence-corrected chi connectivity index (χ2v) is 3.86. The van der Waals surface area contributed by atoms with Gasteiger partial charge in [-0.3, -0.25) is 4.68 Å². The molecule has 1 rings (SSSR count). The van der Waals surface area contributed by atoms with Crippen molar-refractivity contribution in [2.75, 3.05) is 0 Å². The Morgan fingerprint density at radius 3 is 3.08 bits per heavy atom. The third kappa shape index (κ3) is 3.62. The lowest BCUT2D eigenvalue weighted by molar-refractivity contribution is 0.316. The zero-order chi connectivity index (χ0) is 9.68. The van der Waals surface area contributed by atoms with E-state index in [1.807, 2.05) is 10.9 Å². The monoisotopic (exact) mass is 294 g/mol. The summed E-state index contributed by atoms with van der Waals surface area (Å²) in [6.07, 6.45) is 5.16. The molecule has 0 saturated carbocycles. The predicted octanol–water partition coefficient (Wildman–Crippen LogP) is 1.01. The SMILES string of the molecule is NC(CCCn1cc(I)cn1)=NO. The smallest absolute Gasteiger partial charge is 0.139 e. The summed E-state index contributed by atoms with van der Waals surface area (Å²) < 4.78 is 2.95. The van der Waals surface area contributed by atoms with E-state index in [0.717, 1.165) is 16.5 Å². The van der Waals surface area contributed by atoms with Gasteiger partial charge in [-0.25, -0.2) is 0 Å². The predicted molar refractivity (Wildman–Crippen MR) is 57.6 cm³/mol. The van der Waals surface area contributed by atoms with E-state index in [1.165, 1.54) is 0 Å². The molecule has 0 aliphatic heterocycles. The average Bonchev–Trinajstić information content (AvgIpc) is 2.51. The molecule has 1 heterocycles. The Morgan fingerprint density at radius 1 is 1.77 bits per heavy atom. The van der Waals surface area contributed by atoms with E-state index in [-0.39, 0.29) is 5.84 Å². The first-order chi connectivity index (χ1) is 6.22. The molecule has 3 N–H and O–H groups in total. The van der Waals surface area contributed by atoms with Gasteiger partial charge < -0.3 is 10.9 Å². The van der Waals surface area contributed by atoms with Crippen molar-refractivity contribution in [3.05, 3.63) is 16.0 Å². The van der Waals surface area contributed by atoms with Gasteiger partial charge in [-0.15, -0.1) is 0 Å². The highest BCUT2D eigenvalue weighted by Gasteiger charge is 1.96. The van der Waals surface area contributed by atoms with Crippen LogP contribution in [0.5, 0.6) is 0 Å². The molecule has 0 aromatic carbocycles. The van der Waals surface area contributed by atoms with E-state index in [2.05, 4.69) is 32.8 Å². The molecule has 1 aromatic heterocycles. The van der Waals surface area contributed by atoms with Crippen LogP contribution in [-0.4, -0.2) is 20.8 Å². The van der Waals surface area contributed by atoms with Crippen molar-refractivity contribution < 1.29 is 5.21 Å². The Morgan fingerprint density at radius 2 is 2.54 bits per heavy atom. The Kier molecular flexibility index (Phi) is 4.00. The van der Waals surface area contributed by atoms with Crippen molar-refractivity contribution in [1.82, 2.24) is 9.78 Å². The molecule has 1 aromatic rings. The number of amidine groups is 1. The summed E-state index contributed by atoms with van der Waals surface area (Å²) in [5, 5.41) is 15.3. The minimum absolute atomic E-state index is 0.266. The summed E-state index contributed by atoms with van der Waals surface area (Å²) in [6, 6.07) is 0. The number of hydrogen-bond donors (Lipinski definition) is 2. The van der Waals surface area contributed by atoms with Crippen LogP contribution in [0.1, 0.15) is 12.8 Å². The number of nitrogens with two attached hydrogens (primary N) is 1. The molecule has 13 heavy (non-hydrogen) atoms. The number of rotatable bonds is 4. The average molecular weight is 294 g/mol. The van der Waals surface area contributed by atoms with E-state index in [4.69, 9.17) is 10.9 Å². The van der Waals surface area contributed by atoms with E-state index in [9.17, 15) is 0 Å². The minimum atomic E-state index is 0.266. The maximum absolute atomic E-state index is 8.28. The summed E-state index contributed by atoms with van der Waals surface area (Å²) in [6.45, 7) is 0.791. The van der Waals surface area contributed by atoms with Gasteiger partial charge in [0, 0.05) is 19.2 Å². The Bertz CT molecular complexity index is 296. The zero-order valence-electron chi connectivity index (χ0n) is 7.02. The van der Waals surface area contributed by atoms with Gasteiger partial charge in [0.1, 0.15) is 5.84 Å². The molecule has 0 aliphatic rings. The van der Waals surface area contributed by atoms with Crippen molar-refractivity contribution in [3.8, 4) is 0 Å². The van der Waals surface area contributed by atoms with Crippen molar-refractivity contribution in [2.45, 2.75) is 19.4 Å². The number of aromatic nitrogens is 2. The first kappa shape index (κ1) is 10.3. The summed E-state index contributed by atoms with van der Waals surface area (Å²) >= 11 is 2.20. The topological polar surface area (TPSA) is 76.4 Å². The van der Waals surface area contributed by atoms with Gasteiger partial charge in [0.25, 0.3) is 0 Å². The number of aryl methyl sites for hydroxylation is 1. The van der Waals surface area contributed by atoms with E-state index >= 15 is 0 Å². The number of hydrogen-bond acceptors (Lipinski definition) is 3. The molecular formula is C7H11IN4O. The minimum Gasteiger partial charge on any atom is -0.409 e. The summed E-state index contributed by atoms with van der Waals surface area (Å²) in [5.41, 5.74) is 5.31. The number of halogens is 1. The summed E-state index contributed by atoms with van der Waals surface area (Å²) in [4.78, 5) is 0. The second kappa shape index (κ2) is 5.05. The van der Waals surface area contributed by atoms with E-state index in [1.54, 1.807) is 6.20 Å². The maximum atomic E-state index is 8.28. The molecule has 0 radical (unpaired) electrons. The van der Waals surface area contributed by atoms with Gasteiger partial charge in [0.05, 0.1) is 9.77 Å². The van der Waals surface area contributed by atoms with Crippen LogP contribution in [0.25, 0.3) is 0 Å². The summed E-state index contributed by atoms with van der Waals surface area (Å²) in [7, 11) is 0. The van der Waals surface area contributed by atoms with Crippen LogP contribution >= 0.6 is 22.6 Å². The second-order valence-electron chi connectivity index (χ2n) is 2.62. The normalized spacial score (nSPS) is 11.9. The van der Waals surface area contributed by atoms with Crippen molar-refractivity contribution >= 4 is 28.4 Å². The molecule has 0 aliphatic carbocycles. The van der Waals surface area contributed by atoms with Gasteiger partial charge in [0.15, 0.2) is 0 Å². The van der Waals surface area contributed by atoms with Gasteiger partial charge in [-0.05, 0) is 29.0 Å². The molecule has 0 bridgehead atoms. The molecule has 5 nitrogen and oxygen atoms in total. The Balaban J connectivity index is 2.28. The molecule has 0 unspecified atom stereocenters. The maximum Gasteiger partial charge on any atom is 0.139 e. The van der Waals surface area contributed by atoms with Crippen LogP contribution in [0, 0.1) is 3.57 Å². The van der Waals surface area contributed by atoms with E-state index < -0.39 is 0 Å². The first-order valence-corrected chi connectivity index (χ1v) is 4.94. The fourth-order valence-corrected chi connectivity index (χ4v) is 1.38. The van der Waals surface area contributed by atoms with Gasteiger partial charge in [-0.1, -0.05) is 5.16 Å². The number of oxime groups is 1. The standard InChI is InChI=1S/C7H11IN4O/c8-6-4-10-12(5-6)3-1-2-7(9)11-13/h4-5,13H,1-3H2,(H2,9,11). The van der Waals surface area contributed by atoms with Crippen LogP contribution in [-0.2, 0) is 6.54 Å². The highest BCUT2D eigenvalue weighted by Crippen LogP contribution is 2.02. The lowest BCUT2D eigenvalue weighted by Crippen LogP contribution is -2.12. The van der Waals surface area contributed by atoms with Crippen LogP contribution in [0.4, 0.5) is 0 Å². The highest BCUT2D eigenvalue weighted by molar-refractivity contribution is 14.1. The van der Waals surface area contributed by atoms with Gasteiger partial charge in [-0.2, -0.15) is 5.10 Å². The van der Waals surface area contributed by atoms with Crippen molar-refractivity contribution in [1.29, 1.82) is 0 Å². The van der Waals surface area contributed by atoms with Crippen molar-refractivity contribution in [2.24, 2.45) is 10.9 Å². The molecule has 72 valence electrons. The zero-order valence-corrected chi connectivity index (χ0v) is 9.18. The van der Waals surface area contributed by atoms with Crippen LogP contribution in [0.2, 0.25) is 0 Å². The molecule has 0 saturated heterocycles. The molecule has 0 atom stereocenters. The van der Waals surface area contributed by atoms with Crippen LogP contribution < -0.4 is 5.73 Å². The van der Waals surface area contributed by atoms with Crippen LogP contribution in [0.15, 0.2) is 17.5 Å². The molecule has 0 amide bonds. The Hall–Kier alpha value is -0.790.